The van der Waals surface area contributed by atoms with E-state index in [2.05, 4.69) is 42.2 Å². The van der Waals surface area contributed by atoms with E-state index in [9.17, 15) is 13.2 Å². The van der Waals surface area contributed by atoms with Crippen molar-refractivity contribution in [2.45, 2.75) is 0 Å². The van der Waals surface area contributed by atoms with Gasteiger partial charge in [-0.25, -0.2) is 18.2 Å². The summed E-state index contributed by atoms with van der Waals surface area (Å²) >= 11 is 5.90. The molecule has 2 aromatic rings. The molecule has 0 amide bonds. The Morgan fingerprint density at radius 3 is 2.33 bits per heavy atom. The number of anilines is 2. The second kappa shape index (κ2) is 5.27. The Morgan fingerprint density at radius 1 is 0.944 bits per heavy atom. The highest BCUT2D eigenvalue weighted by molar-refractivity contribution is 9.10. The minimum absolute atomic E-state index is 0.00483. The van der Waals surface area contributed by atoms with Gasteiger partial charge in [0.2, 0.25) is 0 Å². The van der Waals surface area contributed by atoms with E-state index in [1.165, 1.54) is 12.3 Å². The minimum atomic E-state index is -0.715. The van der Waals surface area contributed by atoms with Gasteiger partial charge in [-0.2, -0.15) is 0 Å². The standard InChI is InChI=1S/C11H5Br2F3N2/c12-5-1-9(16)11(17-4-5)18-10-3-7(14)6(13)2-8(10)15/h1-4H,(H,17,18). The zero-order valence-electron chi connectivity index (χ0n) is 8.65. The van der Waals surface area contributed by atoms with E-state index in [4.69, 9.17) is 0 Å². The van der Waals surface area contributed by atoms with Crippen molar-refractivity contribution < 1.29 is 13.2 Å². The van der Waals surface area contributed by atoms with Crippen LogP contribution in [0, 0.1) is 17.5 Å². The van der Waals surface area contributed by atoms with Crippen molar-refractivity contribution in [3.8, 4) is 0 Å². The lowest BCUT2D eigenvalue weighted by Gasteiger charge is -2.08. The summed E-state index contributed by atoms with van der Waals surface area (Å²) in [6, 6.07) is 3.04. The SMILES string of the molecule is Fc1cc(Nc2ncc(Br)cc2F)c(F)cc1Br. The number of nitrogens with one attached hydrogen (secondary N) is 1. The van der Waals surface area contributed by atoms with Crippen molar-refractivity contribution in [2.75, 3.05) is 5.32 Å². The first-order valence-corrected chi connectivity index (χ1v) is 6.28. The summed E-state index contributed by atoms with van der Waals surface area (Å²) in [6.45, 7) is 0. The smallest absolute Gasteiger partial charge is 0.166 e. The van der Waals surface area contributed by atoms with E-state index < -0.39 is 17.5 Å². The predicted molar refractivity (Wildman–Crippen MR) is 69.2 cm³/mol. The first kappa shape index (κ1) is 13.4. The molecule has 0 saturated carbocycles. The van der Waals surface area contributed by atoms with Crippen molar-refractivity contribution in [2.24, 2.45) is 0 Å². The van der Waals surface area contributed by atoms with Gasteiger partial charge in [-0.3, -0.25) is 0 Å². The summed E-state index contributed by atoms with van der Waals surface area (Å²) in [5, 5.41) is 2.39. The number of hydrogen-bond acceptors (Lipinski definition) is 2. The fraction of sp³-hybridized carbons (Fsp3) is 0. The molecule has 0 fully saturated rings. The maximum Gasteiger partial charge on any atom is 0.166 e. The number of hydrogen-bond donors (Lipinski definition) is 1. The predicted octanol–water partition coefficient (Wildman–Crippen LogP) is 4.77. The monoisotopic (exact) mass is 380 g/mol. The molecular formula is C11H5Br2F3N2. The highest BCUT2D eigenvalue weighted by atomic mass is 79.9. The molecule has 0 aliphatic rings. The van der Waals surface area contributed by atoms with Gasteiger partial charge in [-0.1, -0.05) is 0 Å². The topological polar surface area (TPSA) is 24.9 Å². The average Bonchev–Trinajstić information content (AvgIpc) is 2.29. The normalized spacial score (nSPS) is 10.5. The van der Waals surface area contributed by atoms with E-state index in [1.54, 1.807) is 0 Å². The fourth-order valence-corrected chi connectivity index (χ4v) is 1.87. The Kier molecular flexibility index (Phi) is 3.91. The quantitative estimate of drug-likeness (QED) is 0.758. The van der Waals surface area contributed by atoms with E-state index in [0.717, 1.165) is 12.1 Å². The third kappa shape index (κ3) is 2.84. The summed E-state index contributed by atoms with van der Waals surface area (Å²) in [4.78, 5) is 3.73. The molecule has 18 heavy (non-hydrogen) atoms. The van der Waals surface area contributed by atoms with Gasteiger partial charge in [-0.05, 0) is 44.0 Å². The van der Waals surface area contributed by atoms with Crippen LogP contribution in [0.15, 0.2) is 33.3 Å². The zero-order chi connectivity index (χ0) is 13.3. The minimum Gasteiger partial charge on any atom is -0.335 e. The molecule has 1 aromatic carbocycles. The summed E-state index contributed by atoms with van der Waals surface area (Å²) in [6.07, 6.45) is 1.35. The first-order chi connectivity index (χ1) is 8.47. The van der Waals surface area contributed by atoms with Gasteiger partial charge in [0.05, 0.1) is 10.2 Å². The van der Waals surface area contributed by atoms with Crippen LogP contribution in [0.2, 0.25) is 0 Å². The Bertz CT molecular complexity index is 605. The molecule has 1 N–H and O–H groups in total. The van der Waals surface area contributed by atoms with Crippen molar-refractivity contribution in [3.63, 3.8) is 0 Å². The molecule has 0 spiro atoms. The van der Waals surface area contributed by atoms with E-state index >= 15 is 0 Å². The van der Waals surface area contributed by atoms with Crippen molar-refractivity contribution in [1.82, 2.24) is 4.98 Å². The Morgan fingerprint density at radius 2 is 1.67 bits per heavy atom. The molecule has 0 aliphatic carbocycles. The number of aromatic nitrogens is 1. The number of benzene rings is 1. The third-order valence-electron chi connectivity index (χ3n) is 2.07. The zero-order valence-corrected chi connectivity index (χ0v) is 11.8. The lowest BCUT2D eigenvalue weighted by molar-refractivity contribution is 0.596. The fourth-order valence-electron chi connectivity index (χ4n) is 1.25. The molecule has 0 bridgehead atoms. The number of halogens is 5. The maximum atomic E-state index is 13.5. The van der Waals surface area contributed by atoms with Crippen LogP contribution in [0.1, 0.15) is 0 Å². The van der Waals surface area contributed by atoms with Crippen LogP contribution in [0.5, 0.6) is 0 Å². The van der Waals surface area contributed by atoms with Crippen molar-refractivity contribution >= 4 is 43.4 Å². The molecule has 0 atom stereocenters. The second-order valence-corrected chi connectivity index (χ2v) is 5.13. The highest BCUT2D eigenvalue weighted by Gasteiger charge is 2.11. The van der Waals surface area contributed by atoms with Crippen LogP contribution >= 0.6 is 31.9 Å². The summed E-state index contributed by atoms with van der Waals surface area (Å²) < 4.78 is 40.7. The molecule has 0 unspecified atom stereocenters. The van der Waals surface area contributed by atoms with Crippen LogP contribution in [0.25, 0.3) is 0 Å². The van der Waals surface area contributed by atoms with Crippen LogP contribution in [0.4, 0.5) is 24.7 Å². The van der Waals surface area contributed by atoms with Gasteiger partial charge < -0.3 is 5.32 Å². The summed E-state index contributed by atoms with van der Waals surface area (Å²) in [7, 11) is 0. The van der Waals surface area contributed by atoms with Gasteiger partial charge in [0, 0.05) is 16.7 Å². The van der Waals surface area contributed by atoms with Gasteiger partial charge in [0.15, 0.2) is 11.6 Å². The molecule has 0 radical (unpaired) electrons. The van der Waals surface area contributed by atoms with Crippen molar-refractivity contribution in [3.05, 3.63) is 50.8 Å². The van der Waals surface area contributed by atoms with Crippen LogP contribution < -0.4 is 5.32 Å². The number of pyridine rings is 1. The number of rotatable bonds is 2. The highest BCUT2D eigenvalue weighted by Crippen LogP contribution is 2.26. The average molecular weight is 382 g/mol. The molecule has 1 aromatic heterocycles. The molecule has 7 heteroatoms. The molecule has 2 rings (SSSR count). The number of nitrogens with zero attached hydrogens (tertiary/aromatic N) is 1. The maximum absolute atomic E-state index is 13.5. The van der Waals surface area contributed by atoms with Crippen molar-refractivity contribution in [1.29, 1.82) is 0 Å². The van der Waals surface area contributed by atoms with Gasteiger partial charge in [0.25, 0.3) is 0 Å². The largest absolute Gasteiger partial charge is 0.335 e. The summed E-state index contributed by atoms with van der Waals surface area (Å²) in [5.41, 5.74) is -0.190. The van der Waals surface area contributed by atoms with Crippen LogP contribution in [0.3, 0.4) is 0 Å². The molecule has 0 saturated heterocycles. The Hall–Kier alpha value is -1.08. The van der Waals surface area contributed by atoms with Gasteiger partial charge >= 0.3 is 0 Å². The van der Waals surface area contributed by atoms with E-state index in [0.29, 0.717) is 4.47 Å². The van der Waals surface area contributed by atoms with Gasteiger partial charge in [0.1, 0.15) is 11.6 Å². The van der Waals surface area contributed by atoms with E-state index in [-0.39, 0.29) is 16.0 Å². The first-order valence-electron chi connectivity index (χ1n) is 4.70. The molecule has 0 aliphatic heterocycles. The van der Waals surface area contributed by atoms with Gasteiger partial charge in [-0.15, -0.1) is 0 Å². The van der Waals surface area contributed by atoms with Crippen LogP contribution in [-0.4, -0.2) is 4.98 Å². The second-order valence-electron chi connectivity index (χ2n) is 3.36. The Labute approximate surface area is 117 Å². The molecular weight excluding hydrogens is 377 g/mol. The Balaban J connectivity index is 2.37. The molecule has 1 heterocycles. The molecule has 94 valence electrons. The van der Waals surface area contributed by atoms with E-state index in [1.807, 2.05) is 0 Å². The summed E-state index contributed by atoms with van der Waals surface area (Å²) in [5.74, 6) is -2.23. The lowest BCUT2D eigenvalue weighted by atomic mass is 10.3. The van der Waals surface area contributed by atoms with Crippen LogP contribution in [-0.2, 0) is 0 Å². The molecule has 2 nitrogen and oxygen atoms in total. The lowest BCUT2D eigenvalue weighted by Crippen LogP contribution is -2.00. The third-order valence-corrected chi connectivity index (χ3v) is 3.11.